The Bertz CT molecular complexity index is 675. The first kappa shape index (κ1) is 15.7. The van der Waals surface area contributed by atoms with Crippen molar-refractivity contribution in [1.82, 2.24) is 10.1 Å². The number of ketones is 1. The first-order valence-electron chi connectivity index (χ1n) is 6.69. The van der Waals surface area contributed by atoms with Crippen LogP contribution in [-0.4, -0.2) is 34.1 Å². The number of aromatic nitrogens is 2. The van der Waals surface area contributed by atoms with E-state index in [-0.39, 0.29) is 17.6 Å². The Labute approximate surface area is 126 Å². The number of carboxylic acid groups (broad SMARTS) is 1. The first-order chi connectivity index (χ1) is 10.4. The van der Waals surface area contributed by atoms with Crippen molar-refractivity contribution in [2.45, 2.75) is 19.8 Å². The van der Waals surface area contributed by atoms with E-state index in [4.69, 9.17) is 9.26 Å². The summed E-state index contributed by atoms with van der Waals surface area (Å²) in [5, 5.41) is 12.8. The fourth-order valence-electron chi connectivity index (χ4n) is 2.00. The highest BCUT2D eigenvalue weighted by atomic mass is 16.5. The van der Waals surface area contributed by atoms with Crippen LogP contribution in [0.25, 0.3) is 0 Å². The van der Waals surface area contributed by atoms with E-state index in [1.807, 2.05) is 0 Å². The summed E-state index contributed by atoms with van der Waals surface area (Å²) in [4.78, 5) is 27.4. The van der Waals surface area contributed by atoms with Crippen molar-refractivity contribution in [2.75, 3.05) is 7.11 Å². The van der Waals surface area contributed by atoms with Crippen LogP contribution in [0, 0.1) is 5.92 Å². The van der Waals surface area contributed by atoms with Gasteiger partial charge in [0, 0.05) is 5.56 Å². The smallest absolute Gasteiger partial charge is 0.316 e. The van der Waals surface area contributed by atoms with Gasteiger partial charge >= 0.3 is 5.97 Å². The highest BCUT2D eigenvalue weighted by Crippen LogP contribution is 2.23. The minimum absolute atomic E-state index is 0.0700. The Morgan fingerprint density at radius 3 is 2.36 bits per heavy atom. The van der Waals surface area contributed by atoms with Gasteiger partial charge < -0.3 is 14.4 Å². The predicted molar refractivity (Wildman–Crippen MR) is 75.9 cm³/mol. The maximum Gasteiger partial charge on any atom is 0.316 e. The Morgan fingerprint density at radius 2 is 1.86 bits per heavy atom. The van der Waals surface area contributed by atoms with E-state index in [1.54, 1.807) is 38.1 Å². The second-order valence-electron chi connectivity index (χ2n) is 5.07. The minimum Gasteiger partial charge on any atom is -0.497 e. The monoisotopic (exact) mass is 304 g/mol. The molecule has 0 bridgehead atoms. The zero-order valence-corrected chi connectivity index (χ0v) is 12.4. The molecule has 1 heterocycles. The molecule has 0 aliphatic heterocycles. The summed E-state index contributed by atoms with van der Waals surface area (Å²) >= 11 is 0. The van der Waals surface area contributed by atoms with Crippen molar-refractivity contribution in [3.63, 3.8) is 0 Å². The summed E-state index contributed by atoms with van der Waals surface area (Å²) in [6, 6.07) is 6.44. The Kier molecular flexibility index (Phi) is 4.55. The maximum atomic E-state index is 12.2. The molecule has 22 heavy (non-hydrogen) atoms. The van der Waals surface area contributed by atoms with E-state index in [0.29, 0.717) is 11.3 Å². The number of carbonyl (C=O) groups is 2. The second kappa shape index (κ2) is 6.38. The lowest BCUT2D eigenvalue weighted by Gasteiger charge is -2.10. The molecule has 1 aromatic carbocycles. The largest absolute Gasteiger partial charge is 0.497 e. The molecule has 2 rings (SSSR count). The molecule has 0 aliphatic rings. The number of aliphatic carboxylic acids is 1. The van der Waals surface area contributed by atoms with E-state index in [9.17, 15) is 14.7 Å². The predicted octanol–water partition coefficient (Wildman–Crippen LogP) is 2.13. The quantitative estimate of drug-likeness (QED) is 0.815. The zero-order valence-electron chi connectivity index (χ0n) is 12.4. The van der Waals surface area contributed by atoms with E-state index in [1.165, 1.54) is 7.11 Å². The van der Waals surface area contributed by atoms with Crippen molar-refractivity contribution < 1.29 is 24.0 Å². The molecule has 0 saturated carbocycles. The summed E-state index contributed by atoms with van der Waals surface area (Å²) in [5.41, 5.74) is 0.365. The molecule has 116 valence electrons. The molecule has 7 heteroatoms. The van der Waals surface area contributed by atoms with Crippen LogP contribution >= 0.6 is 0 Å². The van der Waals surface area contributed by atoms with Gasteiger partial charge in [-0.1, -0.05) is 19.0 Å². The highest BCUT2D eigenvalue weighted by Gasteiger charge is 2.30. The van der Waals surface area contributed by atoms with Gasteiger partial charge in [0.25, 0.3) is 0 Å². The first-order valence-corrected chi connectivity index (χ1v) is 6.69. The Hall–Kier alpha value is -2.70. The van der Waals surface area contributed by atoms with Gasteiger partial charge in [-0.25, -0.2) is 0 Å². The number of nitrogens with zero attached hydrogens (tertiary/aromatic N) is 2. The van der Waals surface area contributed by atoms with Gasteiger partial charge in [-0.15, -0.1) is 0 Å². The molecule has 2 aromatic rings. The molecule has 0 amide bonds. The topological polar surface area (TPSA) is 103 Å². The fourth-order valence-corrected chi connectivity index (χ4v) is 2.00. The number of benzene rings is 1. The highest BCUT2D eigenvalue weighted by molar-refractivity contribution is 6.06. The van der Waals surface area contributed by atoms with E-state index in [0.717, 1.165) is 0 Å². The molecule has 7 nitrogen and oxygen atoms in total. The van der Waals surface area contributed by atoms with Crippen LogP contribution in [0.1, 0.15) is 41.8 Å². The third kappa shape index (κ3) is 3.13. The summed E-state index contributed by atoms with van der Waals surface area (Å²) < 4.78 is 9.97. The molecule has 1 unspecified atom stereocenters. The van der Waals surface area contributed by atoms with Crippen molar-refractivity contribution in [3.05, 3.63) is 41.5 Å². The number of carboxylic acids is 1. The van der Waals surface area contributed by atoms with Gasteiger partial charge in [-0.2, -0.15) is 4.98 Å². The maximum absolute atomic E-state index is 12.2. The van der Waals surface area contributed by atoms with E-state index in [2.05, 4.69) is 10.1 Å². The normalized spacial score (nSPS) is 12.2. The molecule has 0 spiro atoms. The van der Waals surface area contributed by atoms with Crippen LogP contribution in [0.3, 0.4) is 0 Å². The lowest BCUT2D eigenvalue weighted by Crippen LogP contribution is -2.18. The Balaban J connectivity index is 2.26. The van der Waals surface area contributed by atoms with Crippen LogP contribution in [0.15, 0.2) is 28.8 Å². The fraction of sp³-hybridized carbons (Fsp3) is 0.333. The van der Waals surface area contributed by atoms with Crippen LogP contribution in [0.5, 0.6) is 5.75 Å². The van der Waals surface area contributed by atoms with E-state index < -0.39 is 17.7 Å². The van der Waals surface area contributed by atoms with Crippen LogP contribution in [0.2, 0.25) is 0 Å². The number of ether oxygens (including phenoxy) is 1. The summed E-state index contributed by atoms with van der Waals surface area (Å²) in [6.07, 6.45) is 0. The molecule has 0 fully saturated rings. The lowest BCUT2D eigenvalue weighted by atomic mass is 9.96. The molecular formula is C15H16N2O5. The van der Waals surface area contributed by atoms with Crippen LogP contribution in [0.4, 0.5) is 0 Å². The summed E-state index contributed by atoms with van der Waals surface area (Å²) in [5.74, 6) is -2.29. The molecule has 1 aromatic heterocycles. The van der Waals surface area contributed by atoms with Gasteiger partial charge in [0.1, 0.15) is 11.7 Å². The SMILES string of the molecule is COc1ccc(C(=O)c2noc(C(C(=O)O)C(C)C)n2)cc1. The number of hydrogen-bond acceptors (Lipinski definition) is 6. The molecular weight excluding hydrogens is 288 g/mol. The second-order valence-corrected chi connectivity index (χ2v) is 5.07. The van der Waals surface area contributed by atoms with Crippen molar-refractivity contribution >= 4 is 11.8 Å². The third-order valence-electron chi connectivity index (χ3n) is 3.20. The van der Waals surface area contributed by atoms with Gasteiger partial charge in [-0.05, 0) is 30.2 Å². The molecule has 0 aliphatic carbocycles. The Morgan fingerprint density at radius 1 is 1.23 bits per heavy atom. The van der Waals surface area contributed by atoms with Crippen molar-refractivity contribution in [2.24, 2.45) is 5.92 Å². The summed E-state index contributed by atoms with van der Waals surface area (Å²) in [6.45, 7) is 3.46. The number of methoxy groups -OCH3 is 1. The third-order valence-corrected chi connectivity index (χ3v) is 3.20. The lowest BCUT2D eigenvalue weighted by molar-refractivity contribution is -0.140. The standard InChI is InChI=1S/C15H16N2O5/c1-8(2)11(15(19)20)14-16-13(17-22-14)12(18)9-4-6-10(21-3)7-5-9/h4-8,11H,1-3H3,(H,19,20). The van der Waals surface area contributed by atoms with E-state index >= 15 is 0 Å². The number of carbonyl (C=O) groups excluding carboxylic acids is 1. The van der Waals surface area contributed by atoms with Gasteiger partial charge in [0.15, 0.2) is 0 Å². The van der Waals surface area contributed by atoms with Crippen LogP contribution in [-0.2, 0) is 4.79 Å². The number of rotatable bonds is 6. The molecule has 1 atom stereocenters. The van der Waals surface area contributed by atoms with Crippen molar-refractivity contribution in [3.8, 4) is 5.75 Å². The average molecular weight is 304 g/mol. The van der Waals surface area contributed by atoms with Gasteiger partial charge in [0.05, 0.1) is 7.11 Å². The molecule has 0 saturated heterocycles. The molecule has 0 radical (unpaired) electrons. The van der Waals surface area contributed by atoms with Crippen LogP contribution < -0.4 is 4.74 Å². The summed E-state index contributed by atoms with van der Waals surface area (Å²) in [7, 11) is 1.53. The average Bonchev–Trinajstić information content (AvgIpc) is 2.95. The van der Waals surface area contributed by atoms with Crippen molar-refractivity contribution in [1.29, 1.82) is 0 Å². The van der Waals surface area contributed by atoms with Gasteiger partial charge in [-0.3, -0.25) is 9.59 Å². The molecule has 1 N–H and O–H groups in total. The number of hydrogen-bond donors (Lipinski definition) is 1. The minimum atomic E-state index is -1.07. The zero-order chi connectivity index (χ0) is 16.3. The van der Waals surface area contributed by atoms with Gasteiger partial charge in [0.2, 0.25) is 17.5 Å².